The molecule has 1 amide bonds. The van der Waals surface area contributed by atoms with Gasteiger partial charge in [0.25, 0.3) is 0 Å². The molecule has 2 fully saturated rings. The third-order valence-electron chi connectivity index (χ3n) is 4.29. The molecule has 1 saturated heterocycles. The molecule has 19 heavy (non-hydrogen) atoms. The first kappa shape index (κ1) is 14.8. The first-order valence-electron chi connectivity index (χ1n) is 7.49. The van der Waals surface area contributed by atoms with Crippen molar-refractivity contribution in [3.05, 3.63) is 0 Å². The minimum Gasteiger partial charge on any atom is -0.388 e. The molecule has 1 aliphatic carbocycles. The van der Waals surface area contributed by atoms with E-state index in [9.17, 15) is 9.90 Å². The van der Waals surface area contributed by atoms with E-state index in [2.05, 4.69) is 5.32 Å². The molecule has 2 aliphatic rings. The Labute approximate surface area is 114 Å². The number of hydrogen-bond donors (Lipinski definition) is 3. The van der Waals surface area contributed by atoms with Crippen molar-refractivity contribution in [1.82, 2.24) is 5.32 Å². The number of nitrogens with two attached hydrogens (primary N) is 1. The quantitative estimate of drug-likeness (QED) is 0.656. The van der Waals surface area contributed by atoms with Crippen molar-refractivity contribution in [3.8, 4) is 0 Å². The van der Waals surface area contributed by atoms with Gasteiger partial charge in [-0.15, -0.1) is 0 Å². The number of carbonyl (C=O) groups is 1. The van der Waals surface area contributed by atoms with Crippen molar-refractivity contribution < 1.29 is 14.6 Å². The number of carbonyl (C=O) groups excluding carboxylic acids is 1. The number of rotatable bonds is 4. The van der Waals surface area contributed by atoms with E-state index in [1.807, 2.05) is 0 Å². The smallest absolute Gasteiger partial charge is 0.249 e. The second-order valence-electron chi connectivity index (χ2n) is 5.92. The summed E-state index contributed by atoms with van der Waals surface area (Å²) in [5.74, 6) is -0.103. The highest BCUT2D eigenvalue weighted by Crippen LogP contribution is 2.26. The van der Waals surface area contributed by atoms with Gasteiger partial charge in [0.2, 0.25) is 5.91 Å². The summed E-state index contributed by atoms with van der Waals surface area (Å²) >= 11 is 0. The fourth-order valence-electron chi connectivity index (χ4n) is 3.00. The molecule has 0 radical (unpaired) electrons. The van der Waals surface area contributed by atoms with Crippen LogP contribution in [0, 0.1) is 0 Å². The third kappa shape index (κ3) is 4.16. The van der Waals surface area contributed by atoms with E-state index in [1.165, 1.54) is 12.8 Å². The van der Waals surface area contributed by atoms with Gasteiger partial charge in [0.05, 0.1) is 11.7 Å². The zero-order valence-electron chi connectivity index (χ0n) is 11.6. The predicted molar refractivity (Wildman–Crippen MR) is 72.6 cm³/mol. The fraction of sp³-hybridized carbons (Fsp3) is 0.929. The molecule has 1 heterocycles. The summed E-state index contributed by atoms with van der Waals surface area (Å²) < 4.78 is 5.55. The molecule has 4 N–H and O–H groups in total. The monoisotopic (exact) mass is 270 g/mol. The Kier molecular flexibility index (Phi) is 5.19. The summed E-state index contributed by atoms with van der Waals surface area (Å²) in [5, 5.41) is 13.3. The lowest BCUT2D eigenvalue weighted by Crippen LogP contribution is -2.46. The highest BCUT2D eigenvalue weighted by Gasteiger charge is 2.33. The van der Waals surface area contributed by atoms with Crippen LogP contribution in [-0.4, -0.2) is 41.9 Å². The zero-order valence-corrected chi connectivity index (χ0v) is 11.6. The molecule has 110 valence electrons. The molecule has 0 aromatic rings. The Balaban J connectivity index is 1.76. The van der Waals surface area contributed by atoms with Crippen molar-refractivity contribution in [1.29, 1.82) is 0 Å². The maximum Gasteiger partial charge on any atom is 0.249 e. The van der Waals surface area contributed by atoms with Gasteiger partial charge >= 0.3 is 0 Å². The fourth-order valence-corrected chi connectivity index (χ4v) is 3.00. The van der Waals surface area contributed by atoms with Gasteiger partial charge in [0.15, 0.2) is 0 Å². The molecule has 0 spiro atoms. The van der Waals surface area contributed by atoms with Gasteiger partial charge in [-0.1, -0.05) is 25.7 Å². The summed E-state index contributed by atoms with van der Waals surface area (Å²) in [6, 6.07) is 0. The topological polar surface area (TPSA) is 84.6 Å². The van der Waals surface area contributed by atoms with Crippen LogP contribution in [-0.2, 0) is 9.53 Å². The number of aliphatic hydroxyl groups is 1. The van der Waals surface area contributed by atoms with Crippen molar-refractivity contribution >= 4 is 5.91 Å². The minimum atomic E-state index is -0.724. The summed E-state index contributed by atoms with van der Waals surface area (Å²) in [4.78, 5) is 12.0. The lowest BCUT2D eigenvalue weighted by Gasteiger charge is -2.27. The number of ether oxygens (including phenoxy) is 1. The lowest BCUT2D eigenvalue weighted by atomic mass is 9.94. The summed E-state index contributed by atoms with van der Waals surface area (Å²) in [6.45, 7) is 0.812. The van der Waals surface area contributed by atoms with E-state index in [4.69, 9.17) is 10.5 Å². The number of hydrogen-bond acceptors (Lipinski definition) is 4. The molecule has 1 saturated carbocycles. The Hall–Kier alpha value is -0.650. The largest absolute Gasteiger partial charge is 0.388 e. The molecular formula is C14H26N2O3. The molecule has 2 atom stereocenters. The second kappa shape index (κ2) is 6.68. The van der Waals surface area contributed by atoms with Crippen LogP contribution in [0.4, 0.5) is 0 Å². The van der Waals surface area contributed by atoms with E-state index >= 15 is 0 Å². The van der Waals surface area contributed by atoms with E-state index in [0.717, 1.165) is 38.5 Å². The Bertz CT molecular complexity index is 301. The van der Waals surface area contributed by atoms with Crippen molar-refractivity contribution in [2.75, 3.05) is 13.1 Å². The zero-order chi connectivity index (χ0) is 13.7. The summed E-state index contributed by atoms with van der Waals surface area (Å²) in [7, 11) is 0. The maximum atomic E-state index is 12.0. The average molecular weight is 270 g/mol. The molecule has 2 rings (SSSR count). The summed E-state index contributed by atoms with van der Waals surface area (Å²) in [5.41, 5.74) is 4.80. The Morgan fingerprint density at radius 1 is 1.26 bits per heavy atom. The molecule has 0 bridgehead atoms. The second-order valence-corrected chi connectivity index (χ2v) is 5.92. The van der Waals surface area contributed by atoms with Crippen molar-refractivity contribution in [2.24, 2.45) is 5.73 Å². The highest BCUT2D eigenvalue weighted by molar-refractivity contribution is 5.81. The van der Waals surface area contributed by atoms with Crippen LogP contribution >= 0.6 is 0 Å². The maximum absolute atomic E-state index is 12.0. The molecule has 2 unspecified atom stereocenters. The van der Waals surface area contributed by atoms with Crippen LogP contribution in [0.25, 0.3) is 0 Å². The van der Waals surface area contributed by atoms with Gasteiger partial charge in [-0.05, 0) is 25.7 Å². The molecule has 1 aliphatic heterocycles. The van der Waals surface area contributed by atoms with Gasteiger partial charge in [0.1, 0.15) is 6.10 Å². The number of nitrogens with one attached hydrogen (secondary N) is 1. The van der Waals surface area contributed by atoms with Crippen LogP contribution in [0.2, 0.25) is 0 Å². The average Bonchev–Trinajstić information content (AvgIpc) is 2.79. The molecular weight excluding hydrogens is 244 g/mol. The Morgan fingerprint density at radius 2 is 1.95 bits per heavy atom. The highest BCUT2D eigenvalue weighted by atomic mass is 16.5. The molecule has 5 nitrogen and oxygen atoms in total. The van der Waals surface area contributed by atoms with Crippen LogP contribution in [0.5, 0.6) is 0 Å². The molecule has 0 aromatic heterocycles. The predicted octanol–water partition coefficient (Wildman–Crippen LogP) is 0.694. The lowest BCUT2D eigenvalue weighted by molar-refractivity contribution is -0.133. The van der Waals surface area contributed by atoms with Gasteiger partial charge in [0, 0.05) is 13.1 Å². The van der Waals surface area contributed by atoms with E-state index in [-0.39, 0.29) is 18.1 Å². The first-order valence-corrected chi connectivity index (χ1v) is 7.49. The number of amides is 1. The van der Waals surface area contributed by atoms with Gasteiger partial charge in [-0.3, -0.25) is 4.79 Å². The van der Waals surface area contributed by atoms with Gasteiger partial charge < -0.3 is 20.9 Å². The van der Waals surface area contributed by atoms with Gasteiger partial charge in [-0.2, -0.15) is 0 Å². The van der Waals surface area contributed by atoms with Crippen LogP contribution in [0.15, 0.2) is 0 Å². The SMILES string of the molecule is NCC1CCC(C(=O)NCC2(O)CCCCCC2)O1. The van der Waals surface area contributed by atoms with Crippen LogP contribution in [0.1, 0.15) is 51.4 Å². The minimum absolute atomic E-state index is 0.0108. The van der Waals surface area contributed by atoms with E-state index in [0.29, 0.717) is 13.1 Å². The summed E-state index contributed by atoms with van der Waals surface area (Å²) in [6.07, 6.45) is 7.21. The normalized spacial score (nSPS) is 30.8. The van der Waals surface area contributed by atoms with Crippen LogP contribution in [0.3, 0.4) is 0 Å². The van der Waals surface area contributed by atoms with E-state index in [1.54, 1.807) is 0 Å². The first-order chi connectivity index (χ1) is 9.13. The molecule has 0 aromatic carbocycles. The van der Waals surface area contributed by atoms with Gasteiger partial charge in [-0.25, -0.2) is 0 Å². The van der Waals surface area contributed by atoms with Crippen molar-refractivity contribution in [2.45, 2.75) is 69.2 Å². The van der Waals surface area contributed by atoms with Crippen LogP contribution < -0.4 is 11.1 Å². The third-order valence-corrected chi connectivity index (χ3v) is 4.29. The Morgan fingerprint density at radius 3 is 2.53 bits per heavy atom. The molecule has 5 heteroatoms. The van der Waals surface area contributed by atoms with E-state index < -0.39 is 5.60 Å². The standard InChI is InChI=1S/C14H26N2O3/c15-9-11-5-6-12(19-11)13(17)16-10-14(18)7-3-1-2-4-8-14/h11-12,18H,1-10,15H2,(H,16,17). The van der Waals surface area contributed by atoms with Crippen molar-refractivity contribution in [3.63, 3.8) is 0 Å².